The highest BCUT2D eigenvalue weighted by Crippen LogP contribution is 2.49. The first-order valence-corrected chi connectivity index (χ1v) is 8.18. The Balaban J connectivity index is 1.90. The van der Waals surface area contributed by atoms with Crippen LogP contribution in [0.25, 0.3) is 0 Å². The lowest BCUT2D eigenvalue weighted by molar-refractivity contribution is -0.872. The number of nitrogens with zero attached hydrogens (tertiary/aromatic N) is 1. The molecule has 1 aromatic rings. The third kappa shape index (κ3) is 2.06. The molecule has 2 heterocycles. The molecule has 1 aromatic carbocycles. The highest BCUT2D eigenvalue weighted by Gasteiger charge is 2.52. The first kappa shape index (κ1) is 15.5. The van der Waals surface area contributed by atoms with Crippen LogP contribution in [0.2, 0.25) is 0 Å². The summed E-state index contributed by atoms with van der Waals surface area (Å²) in [5, 5.41) is 13.0. The Labute approximate surface area is 140 Å². The van der Waals surface area contributed by atoms with Gasteiger partial charge in [0.15, 0.2) is 11.5 Å². The van der Waals surface area contributed by atoms with Gasteiger partial charge in [-0.1, -0.05) is 6.08 Å². The SMILES string of the molecule is COc1cc2c(cc1OC)[C@H]1[C@H]3C(=CC[C@H]1OC2=O)CC[N+]3(C)[O-]. The van der Waals surface area contributed by atoms with Crippen molar-refractivity contribution in [1.29, 1.82) is 0 Å². The van der Waals surface area contributed by atoms with Gasteiger partial charge in [-0.2, -0.15) is 0 Å². The quantitative estimate of drug-likeness (QED) is 0.360. The van der Waals surface area contributed by atoms with E-state index in [9.17, 15) is 10.0 Å². The van der Waals surface area contributed by atoms with Gasteiger partial charge in [0.05, 0.1) is 39.3 Å². The van der Waals surface area contributed by atoms with Crippen LogP contribution in [0.4, 0.5) is 0 Å². The number of hydrogen-bond acceptors (Lipinski definition) is 5. The molecule has 2 aliphatic heterocycles. The minimum absolute atomic E-state index is 0.137. The molecule has 1 saturated heterocycles. The zero-order valence-corrected chi connectivity index (χ0v) is 14.1. The molecule has 1 aliphatic carbocycles. The number of carbonyl (C=O) groups is 1. The van der Waals surface area contributed by atoms with Gasteiger partial charge in [0.2, 0.25) is 0 Å². The van der Waals surface area contributed by atoms with Crippen molar-refractivity contribution in [3.63, 3.8) is 0 Å². The molecule has 3 aliphatic rings. The largest absolute Gasteiger partial charge is 0.633 e. The second-order valence-electron chi connectivity index (χ2n) is 6.87. The molecule has 0 bridgehead atoms. The van der Waals surface area contributed by atoms with E-state index in [4.69, 9.17) is 14.2 Å². The van der Waals surface area contributed by atoms with Gasteiger partial charge in [-0.05, 0) is 23.3 Å². The number of fused-ring (bicyclic) bond motifs is 5. The average Bonchev–Trinajstić information content (AvgIpc) is 2.89. The summed E-state index contributed by atoms with van der Waals surface area (Å²) >= 11 is 0. The zero-order chi connectivity index (χ0) is 17.1. The maximum Gasteiger partial charge on any atom is 0.338 e. The van der Waals surface area contributed by atoms with Gasteiger partial charge in [-0.15, -0.1) is 0 Å². The minimum atomic E-state index is -0.359. The van der Waals surface area contributed by atoms with E-state index in [0.29, 0.717) is 30.0 Å². The van der Waals surface area contributed by atoms with Crippen molar-refractivity contribution in [3.8, 4) is 11.5 Å². The fourth-order valence-corrected chi connectivity index (χ4v) is 4.44. The molecule has 128 valence electrons. The van der Waals surface area contributed by atoms with Crippen molar-refractivity contribution < 1.29 is 23.7 Å². The first-order valence-electron chi connectivity index (χ1n) is 8.18. The van der Waals surface area contributed by atoms with Crippen molar-refractivity contribution in [1.82, 2.24) is 0 Å². The van der Waals surface area contributed by atoms with Gasteiger partial charge in [0.1, 0.15) is 12.1 Å². The predicted molar refractivity (Wildman–Crippen MR) is 87.0 cm³/mol. The summed E-state index contributed by atoms with van der Waals surface area (Å²) in [6.07, 6.45) is 3.27. The number of rotatable bonds is 2. The summed E-state index contributed by atoms with van der Waals surface area (Å²) in [5.74, 6) is 0.563. The zero-order valence-electron chi connectivity index (χ0n) is 14.1. The number of quaternary nitrogens is 1. The third-order valence-electron chi connectivity index (χ3n) is 5.56. The molecule has 0 N–H and O–H groups in total. The number of hydrogen-bond donors (Lipinski definition) is 0. The van der Waals surface area contributed by atoms with Gasteiger partial charge >= 0.3 is 5.97 Å². The second kappa shape index (κ2) is 5.22. The van der Waals surface area contributed by atoms with Crippen molar-refractivity contribution in [3.05, 3.63) is 40.1 Å². The second-order valence-corrected chi connectivity index (χ2v) is 6.87. The number of hydroxylamine groups is 3. The first-order chi connectivity index (χ1) is 11.5. The van der Waals surface area contributed by atoms with Crippen LogP contribution in [0.3, 0.4) is 0 Å². The highest BCUT2D eigenvalue weighted by molar-refractivity contribution is 5.94. The maximum absolute atomic E-state index is 13.0. The van der Waals surface area contributed by atoms with Crippen LogP contribution in [0.15, 0.2) is 23.8 Å². The van der Waals surface area contributed by atoms with E-state index in [2.05, 4.69) is 6.08 Å². The monoisotopic (exact) mass is 331 g/mol. The summed E-state index contributed by atoms with van der Waals surface area (Å²) in [4.78, 5) is 12.4. The number of carbonyl (C=O) groups excluding carboxylic acids is 1. The molecular weight excluding hydrogens is 310 g/mol. The Morgan fingerprint density at radius 3 is 2.67 bits per heavy atom. The summed E-state index contributed by atoms with van der Waals surface area (Å²) < 4.78 is 16.1. The van der Waals surface area contributed by atoms with Crippen LogP contribution in [-0.4, -0.2) is 50.6 Å². The number of methoxy groups -OCH3 is 2. The highest BCUT2D eigenvalue weighted by atomic mass is 16.6. The van der Waals surface area contributed by atoms with Gasteiger partial charge in [0, 0.05) is 12.8 Å². The molecule has 4 atom stereocenters. The molecule has 0 amide bonds. The van der Waals surface area contributed by atoms with E-state index in [1.165, 1.54) is 12.7 Å². The Morgan fingerprint density at radius 1 is 1.25 bits per heavy atom. The van der Waals surface area contributed by atoms with Crippen molar-refractivity contribution in [2.45, 2.75) is 30.9 Å². The molecule has 6 heteroatoms. The lowest BCUT2D eigenvalue weighted by Crippen LogP contribution is -2.52. The minimum Gasteiger partial charge on any atom is -0.633 e. The summed E-state index contributed by atoms with van der Waals surface area (Å²) in [6.45, 7) is 0.566. The molecule has 0 aromatic heterocycles. The van der Waals surface area contributed by atoms with E-state index in [-0.39, 0.29) is 28.7 Å². The van der Waals surface area contributed by atoms with Gasteiger partial charge < -0.3 is 24.1 Å². The number of esters is 1. The molecule has 4 rings (SSSR count). The van der Waals surface area contributed by atoms with Crippen LogP contribution in [0.1, 0.15) is 34.7 Å². The number of likely N-dealkylation sites (tertiary alicyclic amines) is 1. The Bertz CT molecular complexity index is 739. The molecule has 24 heavy (non-hydrogen) atoms. The fraction of sp³-hybridized carbons (Fsp3) is 0.500. The normalized spacial score (nSPS) is 33.8. The molecule has 1 fully saturated rings. The van der Waals surface area contributed by atoms with Gasteiger partial charge in [0.25, 0.3) is 0 Å². The molecule has 0 radical (unpaired) electrons. The Morgan fingerprint density at radius 2 is 1.96 bits per heavy atom. The maximum atomic E-state index is 13.0. The number of benzene rings is 1. The summed E-state index contributed by atoms with van der Waals surface area (Å²) in [7, 11) is 4.81. The predicted octanol–water partition coefficient (Wildman–Crippen LogP) is 2.37. The van der Waals surface area contributed by atoms with Gasteiger partial charge in [-0.3, -0.25) is 0 Å². The average molecular weight is 331 g/mol. The van der Waals surface area contributed by atoms with E-state index >= 15 is 0 Å². The molecule has 6 nitrogen and oxygen atoms in total. The van der Waals surface area contributed by atoms with E-state index < -0.39 is 0 Å². The number of likely N-dealkylation sites (N-methyl/N-ethyl adjacent to an activating group) is 1. The van der Waals surface area contributed by atoms with Crippen LogP contribution < -0.4 is 9.47 Å². The molecule has 0 saturated carbocycles. The number of ether oxygens (including phenoxy) is 3. The standard InChI is InChI=1S/C18H21NO5/c1-19(21)7-6-10-4-5-13-16(17(10)19)11-8-14(22-2)15(23-3)9-12(11)18(20)24-13/h4,8-9,13,16-17H,5-7H2,1-3H3/t13-,16-,17-,19?/m1/s1. The van der Waals surface area contributed by atoms with Crippen molar-refractivity contribution >= 4 is 5.97 Å². The molecule has 1 unspecified atom stereocenters. The summed E-state index contributed by atoms with van der Waals surface area (Å²) in [6, 6.07) is 3.30. The fourth-order valence-electron chi connectivity index (χ4n) is 4.44. The van der Waals surface area contributed by atoms with E-state index in [1.807, 2.05) is 6.07 Å². The van der Waals surface area contributed by atoms with Crippen molar-refractivity contribution in [2.24, 2.45) is 0 Å². The Kier molecular flexibility index (Phi) is 3.37. The van der Waals surface area contributed by atoms with E-state index in [1.54, 1.807) is 20.2 Å². The third-order valence-corrected chi connectivity index (χ3v) is 5.56. The van der Waals surface area contributed by atoms with Gasteiger partial charge in [-0.25, -0.2) is 4.79 Å². The Hall–Kier alpha value is -2.05. The molecular formula is C18H21NO5. The van der Waals surface area contributed by atoms with Crippen LogP contribution in [0.5, 0.6) is 11.5 Å². The smallest absolute Gasteiger partial charge is 0.338 e. The lowest BCUT2D eigenvalue weighted by Gasteiger charge is -2.48. The van der Waals surface area contributed by atoms with E-state index in [0.717, 1.165) is 12.0 Å². The lowest BCUT2D eigenvalue weighted by atomic mass is 9.74. The van der Waals surface area contributed by atoms with Crippen LogP contribution in [-0.2, 0) is 4.74 Å². The van der Waals surface area contributed by atoms with Crippen LogP contribution >= 0.6 is 0 Å². The topological polar surface area (TPSA) is 67.8 Å². The molecule has 0 spiro atoms. The summed E-state index contributed by atoms with van der Waals surface area (Å²) in [5.41, 5.74) is 2.50. The van der Waals surface area contributed by atoms with Crippen LogP contribution in [0, 0.1) is 5.21 Å². The van der Waals surface area contributed by atoms with Crippen molar-refractivity contribution in [2.75, 3.05) is 27.8 Å².